The van der Waals surface area contributed by atoms with E-state index in [0.717, 1.165) is 0 Å². The van der Waals surface area contributed by atoms with Crippen LogP contribution in [0.3, 0.4) is 0 Å². The van der Waals surface area contributed by atoms with E-state index in [9.17, 15) is 4.79 Å². The number of methoxy groups -OCH3 is 1. The Morgan fingerprint density at radius 3 is 2.12 bits per heavy atom. The highest BCUT2D eigenvalue weighted by Gasteiger charge is 2.41. The molecule has 0 bridgehead atoms. The Kier molecular flexibility index (Phi) is 4.86. The van der Waals surface area contributed by atoms with E-state index >= 15 is 0 Å². The lowest BCUT2D eigenvalue weighted by Gasteiger charge is -2.36. The highest BCUT2D eigenvalue weighted by molar-refractivity contribution is 6.74. The molecule has 17 heavy (non-hydrogen) atoms. The number of hydrogen-bond donors (Lipinski definition) is 0. The molecule has 0 saturated heterocycles. The summed E-state index contributed by atoms with van der Waals surface area (Å²) in [5, 5.41) is -0.0351. The van der Waals surface area contributed by atoms with Gasteiger partial charge in [-0.3, -0.25) is 0 Å². The van der Waals surface area contributed by atoms with Gasteiger partial charge in [0.05, 0.1) is 7.11 Å². The van der Waals surface area contributed by atoms with Crippen LogP contribution in [-0.2, 0) is 14.0 Å². The van der Waals surface area contributed by atoms with E-state index in [4.69, 9.17) is 9.96 Å². The average molecular weight is 256 g/mol. The average Bonchev–Trinajstić information content (AvgIpc) is 2.15. The van der Waals surface area contributed by atoms with Crippen molar-refractivity contribution in [3.63, 3.8) is 0 Å². The van der Waals surface area contributed by atoms with Crippen molar-refractivity contribution in [2.24, 2.45) is 0 Å². The van der Waals surface area contributed by atoms with Crippen LogP contribution in [0.1, 0.15) is 20.8 Å². The molecule has 0 spiro atoms. The minimum Gasteiger partial charge on any atom is -0.538 e. The highest BCUT2D eigenvalue weighted by Crippen LogP contribution is 2.37. The van der Waals surface area contributed by atoms with Crippen molar-refractivity contribution in [2.45, 2.75) is 38.9 Å². The molecule has 6 heteroatoms. The summed E-state index contributed by atoms with van der Waals surface area (Å²) in [4.78, 5) is 14.1. The van der Waals surface area contributed by atoms with Gasteiger partial charge in [0.2, 0.25) is 0 Å². The third-order valence-corrected chi connectivity index (χ3v) is 7.30. The van der Waals surface area contributed by atoms with Crippen LogP contribution in [0.4, 0.5) is 0 Å². The molecule has 0 aromatic heterocycles. The summed E-state index contributed by atoms with van der Waals surface area (Å²) in [6, 6.07) is 0. The van der Waals surface area contributed by atoms with Crippen LogP contribution in [-0.4, -0.2) is 31.9 Å². The molecular formula is C11H20N2O3Si. The molecule has 0 fully saturated rings. The van der Waals surface area contributed by atoms with Gasteiger partial charge in [-0.2, -0.15) is 4.79 Å². The largest absolute Gasteiger partial charge is 0.538 e. The van der Waals surface area contributed by atoms with Gasteiger partial charge < -0.3 is 14.7 Å². The van der Waals surface area contributed by atoms with E-state index < -0.39 is 14.3 Å². The maximum Gasteiger partial charge on any atom is 0.438 e. The standard InChI is InChI=1S/C11H20N2O3Si/c1-8(9(13-12)10(14)15-5)16-17(6,7)11(2,3)4/h1H2,2-7H3. The third kappa shape index (κ3) is 3.83. The summed E-state index contributed by atoms with van der Waals surface area (Å²) in [7, 11) is -0.903. The minimum atomic E-state index is -2.10. The number of carbonyl (C=O) groups is 1. The lowest BCUT2D eigenvalue weighted by Crippen LogP contribution is -2.42. The molecule has 0 rings (SSSR count). The Morgan fingerprint density at radius 1 is 1.35 bits per heavy atom. The van der Waals surface area contributed by atoms with Gasteiger partial charge in [0.15, 0.2) is 5.76 Å². The third-order valence-electron chi connectivity index (χ3n) is 2.93. The van der Waals surface area contributed by atoms with Gasteiger partial charge in [0.25, 0.3) is 8.32 Å². The van der Waals surface area contributed by atoms with Crippen LogP contribution in [0, 0.1) is 0 Å². The van der Waals surface area contributed by atoms with Crippen molar-refractivity contribution in [2.75, 3.05) is 7.11 Å². The number of carbonyl (C=O) groups excluding carboxylic acids is 1. The van der Waals surface area contributed by atoms with Crippen molar-refractivity contribution >= 4 is 20.0 Å². The van der Waals surface area contributed by atoms with Gasteiger partial charge in [-0.1, -0.05) is 20.8 Å². The first-order valence-corrected chi connectivity index (χ1v) is 8.16. The smallest absolute Gasteiger partial charge is 0.438 e. The zero-order valence-electron chi connectivity index (χ0n) is 11.3. The molecule has 0 aromatic carbocycles. The fourth-order valence-electron chi connectivity index (χ4n) is 0.817. The van der Waals surface area contributed by atoms with E-state index in [1.807, 2.05) is 13.1 Å². The van der Waals surface area contributed by atoms with Crippen LogP contribution < -0.4 is 0 Å². The zero-order chi connectivity index (χ0) is 13.9. The molecule has 5 nitrogen and oxygen atoms in total. The predicted molar refractivity (Wildman–Crippen MR) is 68.1 cm³/mol. The Hall–Kier alpha value is -1.39. The van der Waals surface area contributed by atoms with Gasteiger partial charge in [0, 0.05) is 0 Å². The Morgan fingerprint density at radius 2 is 1.82 bits per heavy atom. The first kappa shape index (κ1) is 15.6. The van der Waals surface area contributed by atoms with Crippen LogP contribution in [0.5, 0.6) is 0 Å². The number of hydrogen-bond acceptors (Lipinski definition) is 3. The molecule has 0 radical (unpaired) electrons. The van der Waals surface area contributed by atoms with Gasteiger partial charge in [-0.25, -0.2) is 4.79 Å². The minimum absolute atomic E-state index is 0.0351. The number of nitrogens with zero attached hydrogens (tertiary/aromatic N) is 2. The molecule has 0 aromatic rings. The van der Waals surface area contributed by atoms with Crippen molar-refractivity contribution in [1.82, 2.24) is 0 Å². The van der Waals surface area contributed by atoms with E-state index in [2.05, 4.69) is 36.9 Å². The molecule has 0 aliphatic heterocycles. The fourth-order valence-corrected chi connectivity index (χ4v) is 1.84. The first-order chi connectivity index (χ1) is 7.56. The first-order valence-electron chi connectivity index (χ1n) is 5.25. The topological polar surface area (TPSA) is 71.9 Å². The number of rotatable bonds is 4. The van der Waals surface area contributed by atoms with Crippen molar-refractivity contribution in [1.29, 1.82) is 0 Å². The molecule has 0 unspecified atom stereocenters. The molecule has 0 saturated carbocycles. The predicted octanol–water partition coefficient (Wildman–Crippen LogP) is 2.37. The molecule has 0 amide bonds. The van der Waals surface area contributed by atoms with Crippen LogP contribution in [0.2, 0.25) is 18.1 Å². The normalized spacial score (nSPS) is 11.4. The molecular weight excluding hydrogens is 236 g/mol. The zero-order valence-corrected chi connectivity index (χ0v) is 12.3. The lowest BCUT2D eigenvalue weighted by molar-refractivity contribution is -0.137. The second-order valence-corrected chi connectivity index (χ2v) is 9.95. The summed E-state index contributed by atoms with van der Waals surface area (Å²) in [6.07, 6.45) is 0. The Balaban J connectivity index is 5.00. The Bertz CT molecular complexity index is 377. The van der Waals surface area contributed by atoms with E-state index in [1.165, 1.54) is 7.11 Å². The number of esters is 1. The quantitative estimate of drug-likeness (QED) is 0.193. The van der Waals surface area contributed by atoms with Crippen LogP contribution >= 0.6 is 0 Å². The molecule has 0 aliphatic rings. The SMILES string of the molecule is C=C(O[Si](C)(C)C(C)(C)C)C(=[N+]=[N-])C(=O)OC. The molecule has 0 N–H and O–H groups in total. The molecule has 0 aliphatic carbocycles. The van der Waals surface area contributed by atoms with Crippen LogP contribution in [0.15, 0.2) is 12.3 Å². The Labute approximate surface area is 103 Å². The van der Waals surface area contributed by atoms with Crippen molar-refractivity contribution in [3.8, 4) is 0 Å². The molecule has 0 heterocycles. The molecule has 0 atom stereocenters. The van der Waals surface area contributed by atoms with Gasteiger partial charge in [-0.15, -0.1) is 0 Å². The fraction of sp³-hybridized carbons (Fsp3) is 0.636. The lowest BCUT2D eigenvalue weighted by atomic mass is 10.2. The summed E-state index contributed by atoms with van der Waals surface area (Å²) >= 11 is 0. The second-order valence-electron chi connectivity index (χ2n) is 5.23. The van der Waals surface area contributed by atoms with E-state index in [0.29, 0.717) is 0 Å². The van der Waals surface area contributed by atoms with E-state index in [-0.39, 0.29) is 16.5 Å². The van der Waals surface area contributed by atoms with Crippen molar-refractivity contribution in [3.05, 3.63) is 17.9 Å². The van der Waals surface area contributed by atoms with Gasteiger partial charge >= 0.3 is 11.7 Å². The number of ether oxygens (including phenoxy) is 1. The summed E-state index contributed by atoms with van der Waals surface area (Å²) in [5.74, 6) is -0.720. The maximum absolute atomic E-state index is 11.3. The van der Waals surface area contributed by atoms with E-state index in [1.54, 1.807) is 0 Å². The van der Waals surface area contributed by atoms with Crippen LogP contribution in [0.25, 0.3) is 5.53 Å². The maximum atomic E-state index is 11.3. The molecule has 96 valence electrons. The summed E-state index contributed by atoms with van der Waals surface area (Å²) < 4.78 is 10.2. The highest BCUT2D eigenvalue weighted by atomic mass is 28.4. The van der Waals surface area contributed by atoms with Gasteiger partial charge in [0.1, 0.15) is 0 Å². The second kappa shape index (κ2) is 5.29. The monoisotopic (exact) mass is 256 g/mol. The van der Waals surface area contributed by atoms with Crippen molar-refractivity contribution < 1.29 is 18.7 Å². The summed E-state index contributed by atoms with van der Waals surface area (Å²) in [5.41, 5.74) is 8.47. The van der Waals surface area contributed by atoms with Gasteiger partial charge in [-0.05, 0) is 24.7 Å². The summed E-state index contributed by atoms with van der Waals surface area (Å²) in [6.45, 7) is 13.8.